The van der Waals surface area contributed by atoms with Crippen LogP contribution in [-0.4, -0.2) is 70.7 Å². The molecule has 0 heterocycles. The highest BCUT2D eigenvalue weighted by molar-refractivity contribution is 5.96. The number of hydrogen-bond donors (Lipinski definition) is 8. The zero-order valence-electron chi connectivity index (χ0n) is 19.8. The molecule has 0 aliphatic heterocycles. The molecule has 0 radical (unpaired) electrons. The van der Waals surface area contributed by atoms with Crippen molar-refractivity contribution in [2.24, 2.45) is 22.9 Å². The highest BCUT2D eigenvalue weighted by Crippen LogP contribution is 2.06. The summed E-state index contributed by atoms with van der Waals surface area (Å²) >= 11 is 0. The van der Waals surface area contributed by atoms with E-state index < -0.39 is 78.4 Å². The molecule has 0 spiro atoms. The fourth-order valence-electron chi connectivity index (χ4n) is 3.15. The van der Waals surface area contributed by atoms with Crippen molar-refractivity contribution in [2.45, 2.75) is 56.3 Å². The van der Waals surface area contributed by atoms with Crippen molar-refractivity contribution in [2.75, 3.05) is 0 Å². The summed E-state index contributed by atoms with van der Waals surface area (Å²) in [7, 11) is 0. The number of carboxylic acids is 1. The number of rotatable bonds is 16. The Morgan fingerprint density at radius 1 is 0.703 bits per heavy atom. The summed E-state index contributed by atoms with van der Waals surface area (Å²) in [4.78, 5) is 83.3. The molecule has 0 aliphatic rings. The van der Waals surface area contributed by atoms with Crippen molar-refractivity contribution in [1.82, 2.24) is 16.0 Å². The fraction of sp³-hybridized carbons (Fsp3) is 0.409. The Morgan fingerprint density at radius 2 is 1.22 bits per heavy atom. The summed E-state index contributed by atoms with van der Waals surface area (Å²) in [5, 5.41) is 16.1. The smallest absolute Gasteiger partial charge is 0.326 e. The quantitative estimate of drug-likeness (QED) is 0.105. The van der Waals surface area contributed by atoms with E-state index in [9.17, 15) is 38.7 Å². The van der Waals surface area contributed by atoms with Gasteiger partial charge in [0.2, 0.25) is 35.4 Å². The molecule has 6 amide bonds. The number of aliphatic carboxylic acids is 1. The van der Waals surface area contributed by atoms with Gasteiger partial charge in [0.05, 0.1) is 18.9 Å². The molecular weight excluding hydrogens is 490 g/mol. The number of amides is 6. The second-order valence-electron chi connectivity index (χ2n) is 8.16. The van der Waals surface area contributed by atoms with E-state index in [1.54, 1.807) is 30.3 Å². The average molecular weight is 522 g/mol. The van der Waals surface area contributed by atoms with Gasteiger partial charge in [-0.15, -0.1) is 0 Å². The van der Waals surface area contributed by atoms with Gasteiger partial charge in [0.25, 0.3) is 0 Å². The van der Waals surface area contributed by atoms with Gasteiger partial charge in [-0.25, -0.2) is 4.79 Å². The SMILES string of the molecule is NC(=O)CCC(NC(=O)C(CC(N)=O)NC(=O)C(Cc1ccccc1)NC(=O)C(N)CC(N)=O)C(=O)O. The number of carbonyl (C=O) groups is 7. The van der Waals surface area contributed by atoms with E-state index in [2.05, 4.69) is 16.0 Å². The summed E-state index contributed by atoms with van der Waals surface area (Å²) in [6, 6.07) is 2.60. The Hall–Kier alpha value is -4.53. The van der Waals surface area contributed by atoms with Gasteiger partial charge in [-0.05, 0) is 12.0 Å². The first-order valence-electron chi connectivity index (χ1n) is 11.1. The standard InChI is InChI=1S/C22H31N7O8/c23-12(9-17(25)31)19(33)28-14(8-11-4-2-1-3-5-11)20(34)29-15(10-18(26)32)21(35)27-13(22(36)37)6-7-16(24)30/h1-5,12-15H,6-10,23H2,(H2,24,30)(H2,25,31)(H2,26,32)(H,27,35)(H,28,33)(H,29,34)(H,36,37). The molecule has 15 heteroatoms. The summed E-state index contributed by atoms with van der Waals surface area (Å²) in [6.07, 6.45) is -1.94. The summed E-state index contributed by atoms with van der Waals surface area (Å²) in [5.74, 6) is -6.96. The highest BCUT2D eigenvalue weighted by Gasteiger charge is 2.31. The number of benzene rings is 1. The molecule has 4 atom stereocenters. The van der Waals surface area contributed by atoms with Crippen LogP contribution in [0.5, 0.6) is 0 Å². The second kappa shape index (κ2) is 14.8. The molecule has 202 valence electrons. The number of primary amides is 3. The first kappa shape index (κ1) is 30.5. The van der Waals surface area contributed by atoms with Crippen LogP contribution in [0, 0.1) is 0 Å². The lowest BCUT2D eigenvalue weighted by Crippen LogP contribution is -2.58. The number of carboxylic acid groups (broad SMARTS) is 1. The zero-order chi connectivity index (χ0) is 28.1. The van der Waals surface area contributed by atoms with E-state index in [0.717, 1.165) is 0 Å². The van der Waals surface area contributed by atoms with E-state index in [1.807, 2.05) is 0 Å². The maximum absolute atomic E-state index is 13.1. The van der Waals surface area contributed by atoms with Gasteiger partial charge in [0, 0.05) is 12.8 Å². The van der Waals surface area contributed by atoms with Gasteiger partial charge in [0.1, 0.15) is 18.1 Å². The van der Waals surface area contributed by atoms with Crippen LogP contribution in [0.15, 0.2) is 30.3 Å². The van der Waals surface area contributed by atoms with Gasteiger partial charge in [0.15, 0.2) is 0 Å². The second-order valence-corrected chi connectivity index (χ2v) is 8.16. The predicted molar refractivity (Wildman–Crippen MR) is 128 cm³/mol. The molecule has 0 fully saturated rings. The lowest BCUT2D eigenvalue weighted by Gasteiger charge is -2.24. The lowest BCUT2D eigenvalue weighted by molar-refractivity contribution is -0.142. The van der Waals surface area contributed by atoms with Gasteiger partial charge >= 0.3 is 5.97 Å². The van der Waals surface area contributed by atoms with E-state index in [-0.39, 0.29) is 19.3 Å². The van der Waals surface area contributed by atoms with Crippen molar-refractivity contribution < 1.29 is 38.7 Å². The Balaban J connectivity index is 3.11. The highest BCUT2D eigenvalue weighted by atomic mass is 16.4. The minimum atomic E-state index is -1.62. The first-order chi connectivity index (χ1) is 17.3. The molecule has 1 aromatic rings. The minimum absolute atomic E-state index is 0.0665. The van der Waals surface area contributed by atoms with Crippen molar-refractivity contribution in [1.29, 1.82) is 0 Å². The lowest BCUT2D eigenvalue weighted by atomic mass is 10.0. The third-order valence-electron chi connectivity index (χ3n) is 5.01. The predicted octanol–water partition coefficient (Wildman–Crippen LogP) is -3.89. The van der Waals surface area contributed by atoms with Crippen LogP contribution in [0.2, 0.25) is 0 Å². The van der Waals surface area contributed by atoms with Gasteiger partial charge in [-0.2, -0.15) is 0 Å². The number of carbonyl (C=O) groups excluding carboxylic acids is 6. The van der Waals surface area contributed by atoms with E-state index in [1.165, 1.54) is 0 Å². The number of nitrogens with one attached hydrogen (secondary N) is 3. The Labute approximate surface area is 211 Å². The van der Waals surface area contributed by atoms with Crippen molar-refractivity contribution in [3.63, 3.8) is 0 Å². The van der Waals surface area contributed by atoms with Crippen LogP contribution in [0.25, 0.3) is 0 Å². The first-order valence-corrected chi connectivity index (χ1v) is 11.1. The summed E-state index contributed by atoms with van der Waals surface area (Å²) < 4.78 is 0. The summed E-state index contributed by atoms with van der Waals surface area (Å²) in [5.41, 5.74) is 21.5. The maximum Gasteiger partial charge on any atom is 0.326 e. The van der Waals surface area contributed by atoms with Gasteiger partial charge in [-0.1, -0.05) is 30.3 Å². The van der Waals surface area contributed by atoms with Crippen LogP contribution in [0.4, 0.5) is 0 Å². The molecule has 0 saturated carbocycles. The molecule has 0 bridgehead atoms. The molecule has 0 aromatic heterocycles. The molecule has 15 nitrogen and oxygen atoms in total. The molecule has 12 N–H and O–H groups in total. The molecule has 1 aromatic carbocycles. The third kappa shape index (κ3) is 11.6. The van der Waals surface area contributed by atoms with Gasteiger partial charge in [-0.3, -0.25) is 28.8 Å². The molecule has 1 rings (SSSR count). The minimum Gasteiger partial charge on any atom is -0.480 e. The number of nitrogens with two attached hydrogens (primary N) is 4. The third-order valence-corrected chi connectivity index (χ3v) is 5.01. The van der Waals surface area contributed by atoms with Crippen LogP contribution in [0.3, 0.4) is 0 Å². The van der Waals surface area contributed by atoms with E-state index >= 15 is 0 Å². The van der Waals surface area contributed by atoms with Crippen LogP contribution in [-0.2, 0) is 40.0 Å². The Bertz CT molecular complexity index is 1020. The van der Waals surface area contributed by atoms with E-state index in [0.29, 0.717) is 5.56 Å². The van der Waals surface area contributed by atoms with Crippen LogP contribution < -0.4 is 38.9 Å². The Kier molecular flexibility index (Phi) is 12.2. The molecule has 0 saturated heterocycles. The number of hydrogen-bond acceptors (Lipinski definition) is 8. The van der Waals surface area contributed by atoms with Crippen molar-refractivity contribution in [3.8, 4) is 0 Å². The normalized spacial score (nSPS) is 13.8. The maximum atomic E-state index is 13.1. The molecular formula is C22H31N7O8. The zero-order valence-corrected chi connectivity index (χ0v) is 19.8. The molecule has 37 heavy (non-hydrogen) atoms. The van der Waals surface area contributed by atoms with E-state index in [4.69, 9.17) is 22.9 Å². The largest absolute Gasteiger partial charge is 0.480 e. The molecule has 4 unspecified atom stereocenters. The van der Waals surface area contributed by atoms with Crippen LogP contribution in [0.1, 0.15) is 31.2 Å². The van der Waals surface area contributed by atoms with Crippen molar-refractivity contribution >= 4 is 41.4 Å². The van der Waals surface area contributed by atoms with Crippen LogP contribution >= 0.6 is 0 Å². The topological polar surface area (TPSA) is 280 Å². The van der Waals surface area contributed by atoms with Gasteiger partial charge < -0.3 is 44.0 Å². The Morgan fingerprint density at radius 3 is 1.73 bits per heavy atom. The average Bonchev–Trinajstić information content (AvgIpc) is 2.80. The molecule has 0 aliphatic carbocycles. The monoisotopic (exact) mass is 521 g/mol. The fourth-order valence-corrected chi connectivity index (χ4v) is 3.15. The summed E-state index contributed by atoms with van der Waals surface area (Å²) in [6.45, 7) is 0. The van der Waals surface area contributed by atoms with Crippen molar-refractivity contribution in [3.05, 3.63) is 35.9 Å².